The number of anilines is 1. The molecule has 9 heteroatoms. The van der Waals surface area contributed by atoms with Crippen LogP contribution in [0.5, 0.6) is 0 Å². The van der Waals surface area contributed by atoms with Crippen LogP contribution >= 0.6 is 11.3 Å². The number of amides is 1. The molecule has 2 aliphatic heterocycles. The molecule has 0 radical (unpaired) electrons. The predicted molar refractivity (Wildman–Crippen MR) is 126 cm³/mol. The standard InChI is InChI=1S/C23H31N3O4S2/c1-17-14-25(15-18(2)30-17)16-19-7-3-4-8-21(19)24-22(27)13-20-9-10-23(31-20)32(28,29)26-11-5-6-12-26/h3-4,7-10,17-18H,5-6,11-16H2,1-2H3,(H,24,27). The second-order valence-corrected chi connectivity index (χ2v) is 12.0. The number of rotatable bonds is 7. The summed E-state index contributed by atoms with van der Waals surface area (Å²) in [5, 5.41) is 3.02. The molecule has 2 saturated heterocycles. The number of benzene rings is 1. The van der Waals surface area contributed by atoms with Crippen molar-refractivity contribution in [2.24, 2.45) is 0 Å². The van der Waals surface area contributed by atoms with Crippen LogP contribution in [0, 0.1) is 0 Å². The average Bonchev–Trinajstić information content (AvgIpc) is 3.41. The lowest BCUT2D eigenvalue weighted by molar-refractivity contribution is -0.115. The summed E-state index contributed by atoms with van der Waals surface area (Å²) < 4.78 is 33.1. The SMILES string of the molecule is CC1CN(Cc2ccccc2NC(=O)Cc2ccc(S(=O)(=O)N3CCCC3)s2)CC(C)O1. The summed E-state index contributed by atoms with van der Waals surface area (Å²) in [5.41, 5.74) is 1.86. The van der Waals surface area contributed by atoms with Gasteiger partial charge in [-0.2, -0.15) is 4.31 Å². The highest BCUT2D eigenvalue weighted by Crippen LogP contribution is 2.28. The Morgan fingerprint density at radius 3 is 2.50 bits per heavy atom. The largest absolute Gasteiger partial charge is 0.373 e. The van der Waals surface area contributed by atoms with Crippen molar-refractivity contribution in [3.8, 4) is 0 Å². The first kappa shape index (κ1) is 23.4. The first-order chi connectivity index (χ1) is 15.3. The van der Waals surface area contributed by atoms with Crippen LogP contribution in [0.3, 0.4) is 0 Å². The van der Waals surface area contributed by atoms with Crippen molar-refractivity contribution in [3.05, 3.63) is 46.8 Å². The number of nitrogens with one attached hydrogen (secondary N) is 1. The average molecular weight is 478 g/mol. The Kier molecular flexibility index (Phi) is 7.31. The van der Waals surface area contributed by atoms with Gasteiger partial charge < -0.3 is 10.1 Å². The Bertz CT molecular complexity index is 1040. The normalized spacial score (nSPS) is 22.8. The molecule has 1 amide bonds. The Hall–Kier alpha value is -1.78. The van der Waals surface area contributed by atoms with Crippen molar-refractivity contribution in [2.75, 3.05) is 31.5 Å². The summed E-state index contributed by atoms with van der Waals surface area (Å²) in [6.45, 7) is 7.77. The zero-order valence-corrected chi connectivity index (χ0v) is 20.3. The summed E-state index contributed by atoms with van der Waals surface area (Å²) in [6.07, 6.45) is 2.33. The molecule has 7 nitrogen and oxygen atoms in total. The molecule has 2 aliphatic rings. The number of thiophene rings is 1. The zero-order chi connectivity index (χ0) is 22.7. The Morgan fingerprint density at radius 2 is 1.78 bits per heavy atom. The number of carbonyl (C=O) groups is 1. The lowest BCUT2D eigenvalue weighted by atomic mass is 10.1. The monoisotopic (exact) mass is 477 g/mol. The van der Waals surface area contributed by atoms with Crippen molar-refractivity contribution < 1.29 is 17.9 Å². The van der Waals surface area contributed by atoms with Crippen molar-refractivity contribution in [1.82, 2.24) is 9.21 Å². The highest BCUT2D eigenvalue weighted by Gasteiger charge is 2.29. The summed E-state index contributed by atoms with van der Waals surface area (Å²) in [4.78, 5) is 15.8. The molecule has 32 heavy (non-hydrogen) atoms. The van der Waals surface area contributed by atoms with Gasteiger partial charge in [0.1, 0.15) is 4.21 Å². The second kappa shape index (κ2) is 10.0. The highest BCUT2D eigenvalue weighted by atomic mass is 32.2. The third kappa shape index (κ3) is 5.58. The van der Waals surface area contributed by atoms with Gasteiger partial charge in [-0.15, -0.1) is 11.3 Å². The fourth-order valence-corrected chi connectivity index (χ4v) is 7.46. The number of nitrogens with zero attached hydrogens (tertiary/aromatic N) is 2. The molecule has 1 aromatic heterocycles. The van der Waals surface area contributed by atoms with E-state index in [4.69, 9.17) is 4.74 Å². The zero-order valence-electron chi connectivity index (χ0n) is 18.6. The molecule has 0 bridgehead atoms. The Morgan fingerprint density at radius 1 is 1.09 bits per heavy atom. The maximum absolute atomic E-state index is 12.7. The minimum absolute atomic E-state index is 0.145. The topological polar surface area (TPSA) is 79.0 Å². The van der Waals surface area contributed by atoms with Crippen LogP contribution in [0.2, 0.25) is 0 Å². The molecule has 2 atom stereocenters. The first-order valence-corrected chi connectivity index (χ1v) is 13.4. The molecule has 1 aromatic carbocycles. The van der Waals surface area contributed by atoms with Crippen molar-refractivity contribution in [3.63, 3.8) is 0 Å². The highest BCUT2D eigenvalue weighted by molar-refractivity contribution is 7.91. The van der Waals surface area contributed by atoms with E-state index in [1.165, 1.54) is 15.6 Å². The van der Waals surface area contributed by atoms with E-state index in [0.717, 1.165) is 48.6 Å². The quantitative estimate of drug-likeness (QED) is 0.662. The third-order valence-electron chi connectivity index (χ3n) is 5.81. The van der Waals surface area contributed by atoms with Crippen molar-refractivity contribution in [2.45, 2.75) is 56.1 Å². The van der Waals surface area contributed by atoms with Crippen LogP contribution in [-0.4, -0.2) is 61.9 Å². The fourth-order valence-electron chi connectivity index (χ4n) is 4.43. The number of carbonyl (C=O) groups excluding carboxylic acids is 1. The molecule has 0 aliphatic carbocycles. The number of para-hydroxylation sites is 1. The van der Waals surface area contributed by atoms with Gasteiger partial charge >= 0.3 is 0 Å². The van der Waals surface area contributed by atoms with Gasteiger partial charge in [0.2, 0.25) is 5.91 Å². The molecule has 3 heterocycles. The van der Waals surface area contributed by atoms with E-state index in [1.54, 1.807) is 12.1 Å². The van der Waals surface area contributed by atoms with E-state index in [0.29, 0.717) is 17.3 Å². The van der Waals surface area contributed by atoms with Gasteiger partial charge in [0, 0.05) is 43.3 Å². The van der Waals surface area contributed by atoms with E-state index < -0.39 is 10.0 Å². The molecule has 2 fully saturated rings. The van der Waals surface area contributed by atoms with Crippen molar-refractivity contribution in [1.29, 1.82) is 0 Å². The first-order valence-electron chi connectivity index (χ1n) is 11.2. The van der Waals surface area contributed by atoms with Crippen molar-refractivity contribution >= 4 is 33.0 Å². The van der Waals surface area contributed by atoms with Crippen LogP contribution in [-0.2, 0) is 32.5 Å². The lowest BCUT2D eigenvalue weighted by Crippen LogP contribution is -2.44. The van der Waals surface area contributed by atoms with Gasteiger partial charge in [0.25, 0.3) is 10.0 Å². The molecule has 2 aromatic rings. The second-order valence-electron chi connectivity index (χ2n) is 8.67. The van der Waals surface area contributed by atoms with Gasteiger partial charge in [-0.25, -0.2) is 8.42 Å². The predicted octanol–water partition coefficient (Wildman–Crippen LogP) is 3.32. The minimum atomic E-state index is -3.44. The summed E-state index contributed by atoms with van der Waals surface area (Å²) in [5.74, 6) is -0.145. The summed E-state index contributed by atoms with van der Waals surface area (Å²) in [7, 11) is -3.44. The molecule has 174 valence electrons. The van der Waals surface area contributed by atoms with Crippen LogP contribution < -0.4 is 5.32 Å². The van der Waals surface area contributed by atoms with E-state index in [1.807, 2.05) is 24.3 Å². The fraction of sp³-hybridized carbons (Fsp3) is 0.522. The molecule has 2 unspecified atom stereocenters. The molecule has 0 saturated carbocycles. The molecular weight excluding hydrogens is 446 g/mol. The lowest BCUT2D eigenvalue weighted by Gasteiger charge is -2.35. The van der Waals surface area contributed by atoms with E-state index in [9.17, 15) is 13.2 Å². The van der Waals surface area contributed by atoms with Crippen LogP contribution in [0.15, 0.2) is 40.6 Å². The Balaban J connectivity index is 1.39. The van der Waals surface area contributed by atoms with Crippen LogP contribution in [0.1, 0.15) is 37.1 Å². The molecule has 1 N–H and O–H groups in total. The van der Waals surface area contributed by atoms with E-state index in [-0.39, 0.29) is 24.5 Å². The number of hydrogen-bond donors (Lipinski definition) is 1. The summed E-state index contributed by atoms with van der Waals surface area (Å²) in [6, 6.07) is 11.2. The van der Waals surface area contributed by atoms with E-state index >= 15 is 0 Å². The number of ether oxygens (including phenoxy) is 1. The van der Waals surface area contributed by atoms with Gasteiger partial charge in [-0.05, 0) is 50.5 Å². The summed E-state index contributed by atoms with van der Waals surface area (Å²) >= 11 is 1.19. The Labute approximate surface area is 194 Å². The molecule has 4 rings (SSSR count). The van der Waals surface area contributed by atoms with E-state index in [2.05, 4.69) is 24.1 Å². The van der Waals surface area contributed by atoms with Gasteiger partial charge in [-0.1, -0.05) is 18.2 Å². The van der Waals surface area contributed by atoms with Gasteiger partial charge in [0.15, 0.2) is 0 Å². The maximum Gasteiger partial charge on any atom is 0.252 e. The van der Waals surface area contributed by atoms with Gasteiger partial charge in [0.05, 0.1) is 18.6 Å². The third-order valence-corrected chi connectivity index (χ3v) is 9.26. The number of hydrogen-bond acceptors (Lipinski definition) is 6. The maximum atomic E-state index is 12.7. The molecular formula is C23H31N3O4S2. The number of morpholine rings is 1. The number of sulfonamides is 1. The van der Waals surface area contributed by atoms with Gasteiger partial charge in [-0.3, -0.25) is 9.69 Å². The smallest absolute Gasteiger partial charge is 0.252 e. The molecule has 0 spiro atoms. The van der Waals surface area contributed by atoms with Crippen LogP contribution in [0.4, 0.5) is 5.69 Å². The van der Waals surface area contributed by atoms with Crippen LogP contribution in [0.25, 0.3) is 0 Å². The minimum Gasteiger partial charge on any atom is -0.373 e.